The molecule has 1 saturated heterocycles. The van der Waals surface area contributed by atoms with Crippen LogP contribution in [-0.2, 0) is 22.6 Å². The van der Waals surface area contributed by atoms with Gasteiger partial charge in [0.15, 0.2) is 5.65 Å². The Labute approximate surface area is 175 Å². The Morgan fingerprint density at radius 1 is 1.20 bits per heavy atom. The predicted octanol–water partition coefficient (Wildman–Crippen LogP) is 1.82. The molecule has 0 bridgehead atoms. The van der Waals surface area contributed by atoms with Gasteiger partial charge in [-0.05, 0) is 32.1 Å². The molecule has 160 valence electrons. The third kappa shape index (κ3) is 3.42. The summed E-state index contributed by atoms with van der Waals surface area (Å²) < 4.78 is 1.52. The van der Waals surface area contributed by atoms with Crippen molar-refractivity contribution in [2.75, 3.05) is 19.6 Å². The number of aromatic nitrogens is 3. The quantitative estimate of drug-likeness (QED) is 0.831. The van der Waals surface area contributed by atoms with Crippen LogP contribution in [-0.4, -0.2) is 55.8 Å². The Hall–Kier alpha value is -2.64. The van der Waals surface area contributed by atoms with E-state index >= 15 is 0 Å². The summed E-state index contributed by atoms with van der Waals surface area (Å²) in [6.07, 6.45) is 5.96. The maximum Gasteiger partial charge on any atom is 0.277 e. The Morgan fingerprint density at radius 2 is 2.03 bits per heavy atom. The van der Waals surface area contributed by atoms with Gasteiger partial charge in [0.1, 0.15) is 0 Å². The van der Waals surface area contributed by atoms with Gasteiger partial charge in [-0.25, -0.2) is 9.50 Å². The predicted molar refractivity (Wildman–Crippen MR) is 111 cm³/mol. The van der Waals surface area contributed by atoms with Gasteiger partial charge in [0, 0.05) is 56.1 Å². The van der Waals surface area contributed by atoms with Gasteiger partial charge in [0.2, 0.25) is 11.8 Å². The summed E-state index contributed by atoms with van der Waals surface area (Å²) in [7, 11) is 0. The van der Waals surface area contributed by atoms with Crippen LogP contribution in [0.5, 0.6) is 0 Å². The van der Waals surface area contributed by atoms with Gasteiger partial charge >= 0.3 is 0 Å². The topological polar surface area (TPSA) is 90.8 Å². The van der Waals surface area contributed by atoms with Crippen molar-refractivity contribution in [1.82, 2.24) is 24.4 Å². The van der Waals surface area contributed by atoms with Crippen molar-refractivity contribution in [3.63, 3.8) is 0 Å². The van der Waals surface area contributed by atoms with E-state index in [-0.39, 0.29) is 29.2 Å². The van der Waals surface area contributed by atoms with Crippen LogP contribution in [0.15, 0.2) is 10.9 Å². The minimum absolute atomic E-state index is 0.107. The van der Waals surface area contributed by atoms with E-state index in [1.165, 1.54) is 4.52 Å². The van der Waals surface area contributed by atoms with Crippen molar-refractivity contribution in [1.29, 1.82) is 0 Å². The van der Waals surface area contributed by atoms with E-state index in [0.717, 1.165) is 50.0 Å². The minimum Gasteiger partial charge on any atom is -0.342 e. The molecule has 8 nitrogen and oxygen atoms in total. The second kappa shape index (κ2) is 7.56. The van der Waals surface area contributed by atoms with Crippen molar-refractivity contribution in [3.05, 3.63) is 33.4 Å². The fourth-order valence-corrected chi connectivity index (χ4v) is 4.82. The van der Waals surface area contributed by atoms with Crippen molar-refractivity contribution < 1.29 is 9.59 Å². The molecule has 1 N–H and O–H groups in total. The number of rotatable bonds is 4. The van der Waals surface area contributed by atoms with Crippen LogP contribution in [0.25, 0.3) is 5.65 Å². The zero-order valence-corrected chi connectivity index (χ0v) is 17.5. The molecule has 1 unspecified atom stereocenters. The number of nitrogens with zero attached hydrogens (tertiary/aromatic N) is 4. The number of piperidine rings is 1. The summed E-state index contributed by atoms with van der Waals surface area (Å²) >= 11 is 0. The minimum atomic E-state index is -0.107. The van der Waals surface area contributed by atoms with E-state index in [1.54, 1.807) is 0 Å². The van der Waals surface area contributed by atoms with E-state index in [0.29, 0.717) is 43.7 Å². The summed E-state index contributed by atoms with van der Waals surface area (Å²) in [5, 5.41) is 3.25. The first-order valence-corrected chi connectivity index (χ1v) is 11.2. The van der Waals surface area contributed by atoms with E-state index in [9.17, 15) is 14.4 Å². The standard InChI is InChI=1S/C22H29N5O3/c1-2-4-20(28)25-9-3-5-15(12-25)18-11-19-23-17-8-10-26(21(29)14-6-7-14)13-16(17)22(30)27(19)24-18/h11,14-15,24H,2-10,12-13H2,1H3. The molecule has 2 aromatic heterocycles. The number of carbonyl (C=O) groups is 2. The fraction of sp³-hybridized carbons (Fsp3) is 0.636. The molecule has 4 heterocycles. The number of carbonyl (C=O) groups excluding carboxylic acids is 2. The summed E-state index contributed by atoms with van der Waals surface area (Å²) in [4.78, 5) is 46.5. The van der Waals surface area contributed by atoms with Crippen LogP contribution >= 0.6 is 0 Å². The highest BCUT2D eigenvalue weighted by Crippen LogP contribution is 2.32. The largest absolute Gasteiger partial charge is 0.342 e. The first-order chi connectivity index (χ1) is 14.5. The van der Waals surface area contributed by atoms with Gasteiger partial charge in [0.05, 0.1) is 17.8 Å². The smallest absolute Gasteiger partial charge is 0.277 e. The molecule has 8 heteroatoms. The van der Waals surface area contributed by atoms with E-state index < -0.39 is 0 Å². The summed E-state index contributed by atoms with van der Waals surface area (Å²) in [5.41, 5.74) is 2.93. The average molecular weight is 412 g/mol. The van der Waals surface area contributed by atoms with Crippen LogP contribution in [0.2, 0.25) is 0 Å². The Balaban J connectivity index is 1.41. The van der Waals surface area contributed by atoms with E-state index in [1.807, 2.05) is 22.8 Å². The SMILES string of the molecule is CCCC(=O)N1CCCC(c2cc3nc4c(c(=O)n3[nH]2)CN(C(=O)C2CC2)CC4)C1. The van der Waals surface area contributed by atoms with Crippen molar-refractivity contribution in [2.45, 2.75) is 64.3 Å². The van der Waals surface area contributed by atoms with Crippen LogP contribution < -0.4 is 5.56 Å². The highest BCUT2D eigenvalue weighted by Gasteiger charge is 2.36. The third-order valence-corrected chi connectivity index (χ3v) is 6.70. The number of amides is 2. The van der Waals surface area contributed by atoms with Crippen molar-refractivity contribution >= 4 is 17.5 Å². The average Bonchev–Trinajstić information content (AvgIpc) is 3.52. The maximum absolute atomic E-state index is 13.2. The van der Waals surface area contributed by atoms with Gasteiger partial charge in [-0.2, -0.15) is 0 Å². The molecule has 0 aromatic carbocycles. The molecule has 3 aliphatic rings. The van der Waals surface area contributed by atoms with Gasteiger partial charge in [-0.3, -0.25) is 19.5 Å². The Kier molecular flexibility index (Phi) is 4.87. The molecule has 0 radical (unpaired) electrons. The zero-order valence-electron chi connectivity index (χ0n) is 17.5. The lowest BCUT2D eigenvalue weighted by Crippen LogP contribution is -2.41. The van der Waals surface area contributed by atoms with Crippen molar-refractivity contribution in [2.24, 2.45) is 5.92 Å². The number of aromatic amines is 1. The highest BCUT2D eigenvalue weighted by molar-refractivity contribution is 5.81. The Bertz CT molecular complexity index is 1050. The zero-order chi connectivity index (χ0) is 20.8. The number of hydrogen-bond donors (Lipinski definition) is 1. The normalized spacial score (nSPS) is 21.7. The number of fused-ring (bicyclic) bond motifs is 2. The van der Waals surface area contributed by atoms with E-state index in [2.05, 4.69) is 5.10 Å². The van der Waals surface area contributed by atoms with Crippen LogP contribution in [0.3, 0.4) is 0 Å². The third-order valence-electron chi connectivity index (χ3n) is 6.70. The number of likely N-dealkylation sites (tertiary alicyclic amines) is 1. The second-order valence-corrected chi connectivity index (χ2v) is 8.96. The summed E-state index contributed by atoms with van der Waals surface area (Å²) in [5.74, 6) is 0.735. The maximum atomic E-state index is 13.2. The lowest BCUT2D eigenvalue weighted by Gasteiger charge is -2.32. The molecule has 0 spiro atoms. The van der Waals surface area contributed by atoms with Gasteiger partial charge < -0.3 is 9.80 Å². The molecule has 1 atom stereocenters. The van der Waals surface area contributed by atoms with Crippen LogP contribution in [0, 0.1) is 5.92 Å². The fourth-order valence-electron chi connectivity index (χ4n) is 4.82. The van der Waals surface area contributed by atoms with E-state index in [4.69, 9.17) is 4.98 Å². The lowest BCUT2D eigenvalue weighted by molar-refractivity contribution is -0.133. The van der Waals surface area contributed by atoms with Gasteiger partial charge in [-0.15, -0.1) is 0 Å². The van der Waals surface area contributed by atoms with Crippen LogP contribution in [0.1, 0.15) is 68.3 Å². The number of H-pyrrole nitrogens is 1. The molecular weight excluding hydrogens is 382 g/mol. The Morgan fingerprint density at radius 3 is 2.80 bits per heavy atom. The first-order valence-electron chi connectivity index (χ1n) is 11.2. The van der Waals surface area contributed by atoms with Gasteiger partial charge in [0.25, 0.3) is 5.56 Å². The summed E-state index contributed by atoms with van der Waals surface area (Å²) in [6, 6.07) is 1.96. The molecule has 2 fully saturated rings. The monoisotopic (exact) mass is 411 g/mol. The van der Waals surface area contributed by atoms with Crippen LogP contribution in [0.4, 0.5) is 0 Å². The molecule has 2 aromatic rings. The molecular formula is C22H29N5O3. The highest BCUT2D eigenvalue weighted by atomic mass is 16.2. The number of hydrogen-bond acceptors (Lipinski definition) is 4. The molecule has 2 aliphatic heterocycles. The molecule has 2 amide bonds. The molecule has 1 saturated carbocycles. The first kappa shape index (κ1) is 19.3. The lowest BCUT2D eigenvalue weighted by atomic mass is 9.94. The van der Waals surface area contributed by atoms with Gasteiger partial charge in [-0.1, -0.05) is 6.92 Å². The molecule has 30 heavy (non-hydrogen) atoms. The number of nitrogens with one attached hydrogen (secondary N) is 1. The molecule has 5 rings (SSSR count). The molecule has 1 aliphatic carbocycles. The second-order valence-electron chi connectivity index (χ2n) is 8.96. The van der Waals surface area contributed by atoms with Crippen molar-refractivity contribution in [3.8, 4) is 0 Å². The summed E-state index contributed by atoms with van der Waals surface area (Å²) in [6.45, 7) is 4.52.